The highest BCUT2D eigenvalue weighted by Crippen LogP contribution is 2.43. The monoisotopic (exact) mass is 171 g/mol. The van der Waals surface area contributed by atoms with E-state index in [2.05, 4.69) is 5.73 Å². The zero-order valence-corrected chi connectivity index (χ0v) is 5.56. The molecule has 11 heavy (non-hydrogen) atoms. The molecule has 0 heterocycles. The van der Waals surface area contributed by atoms with E-state index in [1.807, 2.05) is 0 Å². The summed E-state index contributed by atoms with van der Waals surface area (Å²) in [7, 11) is 0. The van der Waals surface area contributed by atoms with Gasteiger partial charge in [0.1, 0.15) is 0 Å². The fraction of sp³-hybridized carbons (Fsp3) is 0.800. The van der Waals surface area contributed by atoms with Crippen molar-refractivity contribution in [3.8, 4) is 0 Å². The van der Waals surface area contributed by atoms with E-state index in [0.29, 0.717) is 12.8 Å². The number of nitrogens with two attached hydrogens (primary N) is 1. The lowest BCUT2D eigenvalue weighted by Gasteiger charge is -1.99. The molecule has 0 aromatic rings. The second-order valence-electron chi connectivity index (χ2n) is 2.15. The van der Waals surface area contributed by atoms with Crippen molar-refractivity contribution in [3.63, 3.8) is 0 Å². The molecular weight excluding hydrogens is 163 g/mol. The Balaban J connectivity index is 0.000000218. The third-order valence-corrected chi connectivity index (χ3v) is 1.04. The fourth-order valence-electron chi connectivity index (χ4n) is 0.411. The van der Waals surface area contributed by atoms with Crippen LogP contribution in [0.5, 0.6) is 0 Å². The Morgan fingerprint density at radius 1 is 1.45 bits per heavy atom. The van der Waals surface area contributed by atoms with E-state index >= 15 is 0 Å². The van der Waals surface area contributed by atoms with E-state index < -0.39 is 18.2 Å². The van der Waals surface area contributed by atoms with Crippen molar-refractivity contribution in [2.24, 2.45) is 11.7 Å². The predicted molar refractivity (Wildman–Crippen MR) is 31.0 cm³/mol. The molecule has 0 bridgehead atoms. The highest BCUT2D eigenvalue weighted by Gasteiger charge is 2.46. The van der Waals surface area contributed by atoms with Gasteiger partial charge in [0.15, 0.2) is 0 Å². The minimum atomic E-state index is -3.89. The van der Waals surface area contributed by atoms with Crippen LogP contribution in [-0.2, 0) is 0 Å². The number of carboxylic acid groups (broad SMARTS) is 1. The molecule has 0 radical (unpaired) electrons. The van der Waals surface area contributed by atoms with Crippen LogP contribution in [0.2, 0.25) is 0 Å². The first-order valence-electron chi connectivity index (χ1n) is 2.89. The van der Waals surface area contributed by atoms with Crippen LogP contribution in [0.25, 0.3) is 0 Å². The smallest absolute Gasteiger partial charge is 0.402 e. The number of hydrogen-bond acceptors (Lipinski definition) is 1. The van der Waals surface area contributed by atoms with Crippen LogP contribution in [0.1, 0.15) is 12.8 Å². The summed E-state index contributed by atoms with van der Waals surface area (Å²) >= 11 is 0. The molecule has 3 nitrogen and oxygen atoms in total. The number of rotatable bonds is 0. The number of hydrogen-bond donors (Lipinski definition) is 2. The van der Waals surface area contributed by atoms with Gasteiger partial charge in [-0.3, -0.25) is 0 Å². The second kappa shape index (κ2) is 3.45. The van der Waals surface area contributed by atoms with E-state index in [-0.39, 0.29) is 0 Å². The standard InChI is InChI=1S/C4H5F3.CH3NO2/c5-4(6,7)3-1-2-3;2-1(3)4/h3H,1-2H2;2H2,(H,3,4). The van der Waals surface area contributed by atoms with Crippen LogP contribution in [0.15, 0.2) is 0 Å². The molecule has 3 N–H and O–H groups in total. The Kier molecular flexibility index (Phi) is 3.16. The molecule has 0 saturated heterocycles. The van der Waals surface area contributed by atoms with Crippen LogP contribution < -0.4 is 5.73 Å². The van der Waals surface area contributed by atoms with E-state index in [1.165, 1.54) is 0 Å². The van der Waals surface area contributed by atoms with Gasteiger partial charge in [0, 0.05) is 0 Å². The summed E-state index contributed by atoms with van der Waals surface area (Å²) in [4.78, 5) is 8.78. The second-order valence-corrected chi connectivity index (χ2v) is 2.15. The quantitative estimate of drug-likeness (QED) is 0.581. The van der Waals surface area contributed by atoms with Crippen LogP contribution in [0, 0.1) is 5.92 Å². The van der Waals surface area contributed by atoms with Gasteiger partial charge in [0.05, 0.1) is 5.92 Å². The van der Waals surface area contributed by atoms with Crippen molar-refractivity contribution in [2.75, 3.05) is 0 Å². The first-order valence-corrected chi connectivity index (χ1v) is 2.89. The average molecular weight is 171 g/mol. The molecule has 1 amide bonds. The van der Waals surface area contributed by atoms with Gasteiger partial charge in [-0.1, -0.05) is 0 Å². The Morgan fingerprint density at radius 2 is 1.73 bits per heavy atom. The van der Waals surface area contributed by atoms with Crippen LogP contribution >= 0.6 is 0 Å². The maximum Gasteiger partial charge on any atom is 0.402 e. The summed E-state index contributed by atoms with van der Waals surface area (Å²) in [5.74, 6) is -0.951. The SMILES string of the molecule is FC(F)(F)C1CC1.NC(=O)O. The third kappa shape index (κ3) is 6.95. The molecule has 6 heteroatoms. The van der Waals surface area contributed by atoms with E-state index in [1.54, 1.807) is 0 Å². The zero-order chi connectivity index (χ0) is 9.07. The summed E-state index contributed by atoms with van der Waals surface area (Å²) in [5.41, 5.74) is 4.03. The molecule has 0 aromatic heterocycles. The largest absolute Gasteiger partial charge is 0.465 e. The summed E-state index contributed by atoms with van der Waals surface area (Å²) in [5, 5.41) is 7.19. The normalized spacial score (nSPS) is 16.6. The molecule has 0 aliphatic heterocycles. The molecule has 0 spiro atoms. The zero-order valence-electron chi connectivity index (χ0n) is 5.56. The molecule has 0 atom stereocenters. The van der Waals surface area contributed by atoms with Crippen molar-refractivity contribution in [3.05, 3.63) is 0 Å². The van der Waals surface area contributed by atoms with Crippen molar-refractivity contribution in [1.29, 1.82) is 0 Å². The summed E-state index contributed by atoms with van der Waals surface area (Å²) in [6, 6.07) is 0. The van der Waals surface area contributed by atoms with Crippen LogP contribution in [0.4, 0.5) is 18.0 Å². The topological polar surface area (TPSA) is 63.3 Å². The van der Waals surface area contributed by atoms with E-state index in [0.717, 1.165) is 0 Å². The minimum absolute atomic E-state index is 0.351. The predicted octanol–water partition coefficient (Wildman–Crippen LogP) is 1.58. The third-order valence-electron chi connectivity index (χ3n) is 1.04. The molecule has 1 aliphatic carbocycles. The van der Waals surface area contributed by atoms with Gasteiger partial charge in [-0.2, -0.15) is 13.2 Å². The summed E-state index contributed by atoms with van der Waals surface area (Å²) in [6.45, 7) is 0. The first kappa shape index (κ1) is 10.1. The Labute approximate surface area is 61.0 Å². The highest BCUT2D eigenvalue weighted by molar-refractivity contribution is 5.61. The molecule has 1 fully saturated rings. The van der Waals surface area contributed by atoms with Gasteiger partial charge in [-0.15, -0.1) is 0 Å². The lowest BCUT2D eigenvalue weighted by atomic mass is 10.4. The number of halogens is 3. The number of carbonyl (C=O) groups is 1. The Bertz CT molecular complexity index is 137. The van der Waals surface area contributed by atoms with Gasteiger partial charge in [0.2, 0.25) is 0 Å². The van der Waals surface area contributed by atoms with E-state index in [9.17, 15) is 13.2 Å². The van der Waals surface area contributed by atoms with Crippen molar-refractivity contribution < 1.29 is 23.1 Å². The first-order chi connectivity index (χ1) is 4.84. The Morgan fingerprint density at radius 3 is 1.73 bits per heavy atom. The van der Waals surface area contributed by atoms with Crippen LogP contribution in [0.3, 0.4) is 0 Å². The lowest BCUT2D eigenvalue weighted by Crippen LogP contribution is -2.08. The molecule has 66 valence electrons. The summed E-state index contributed by atoms with van der Waals surface area (Å²) in [6.07, 6.45) is -4.52. The van der Waals surface area contributed by atoms with Gasteiger partial charge in [-0.05, 0) is 12.8 Å². The molecule has 1 saturated carbocycles. The van der Waals surface area contributed by atoms with E-state index in [4.69, 9.17) is 9.90 Å². The number of amides is 1. The van der Waals surface area contributed by atoms with Crippen molar-refractivity contribution in [1.82, 2.24) is 0 Å². The number of alkyl halides is 3. The maximum atomic E-state index is 11.2. The molecular formula is C5H8F3NO2. The number of primary amides is 1. The maximum absolute atomic E-state index is 11.2. The van der Waals surface area contributed by atoms with Crippen LogP contribution in [-0.4, -0.2) is 17.4 Å². The molecule has 1 aliphatic rings. The average Bonchev–Trinajstić information content (AvgIpc) is 2.33. The van der Waals surface area contributed by atoms with Gasteiger partial charge >= 0.3 is 12.3 Å². The minimum Gasteiger partial charge on any atom is -0.465 e. The molecule has 0 aromatic carbocycles. The van der Waals surface area contributed by atoms with Gasteiger partial charge in [-0.25, -0.2) is 4.79 Å². The van der Waals surface area contributed by atoms with Gasteiger partial charge < -0.3 is 10.8 Å². The lowest BCUT2D eigenvalue weighted by molar-refractivity contribution is -0.147. The molecule has 1 rings (SSSR count). The summed E-state index contributed by atoms with van der Waals surface area (Å²) < 4.78 is 33.7. The Hall–Kier alpha value is -0.940. The van der Waals surface area contributed by atoms with Crippen molar-refractivity contribution >= 4 is 6.09 Å². The van der Waals surface area contributed by atoms with Gasteiger partial charge in [0.25, 0.3) is 0 Å². The highest BCUT2D eigenvalue weighted by atomic mass is 19.4. The van der Waals surface area contributed by atoms with Crippen molar-refractivity contribution in [2.45, 2.75) is 19.0 Å². The fourth-order valence-corrected chi connectivity index (χ4v) is 0.411. The molecule has 0 unspecified atom stereocenters.